The highest BCUT2D eigenvalue weighted by atomic mass is 16.5. The molecule has 0 saturated carbocycles. The Hall–Kier alpha value is -2.76. The summed E-state index contributed by atoms with van der Waals surface area (Å²) in [6.07, 6.45) is 1.59. The van der Waals surface area contributed by atoms with Crippen molar-refractivity contribution in [2.24, 2.45) is 0 Å². The minimum Gasteiger partial charge on any atom is -0.493 e. The first-order valence-electron chi connectivity index (χ1n) is 7.87. The van der Waals surface area contributed by atoms with E-state index in [2.05, 4.69) is 10.3 Å². The first-order chi connectivity index (χ1) is 11.6. The van der Waals surface area contributed by atoms with Gasteiger partial charge in [-0.05, 0) is 38.1 Å². The molecule has 2 rings (SSSR count). The van der Waals surface area contributed by atoms with Crippen LogP contribution < -0.4 is 14.8 Å². The molecular formula is C18H23N3O3. The monoisotopic (exact) mass is 329 g/mol. The van der Waals surface area contributed by atoms with Crippen molar-refractivity contribution in [2.45, 2.75) is 13.8 Å². The zero-order valence-electron chi connectivity index (χ0n) is 14.5. The molecule has 0 bridgehead atoms. The fourth-order valence-corrected chi connectivity index (χ4v) is 2.35. The normalized spacial score (nSPS) is 10.2. The Morgan fingerprint density at radius 2 is 1.79 bits per heavy atom. The van der Waals surface area contributed by atoms with Crippen LogP contribution in [0, 0.1) is 0 Å². The third kappa shape index (κ3) is 3.95. The first kappa shape index (κ1) is 17.6. The number of ether oxygens (including phenoxy) is 2. The molecule has 0 aliphatic rings. The molecule has 1 heterocycles. The molecule has 0 unspecified atom stereocenters. The van der Waals surface area contributed by atoms with Gasteiger partial charge in [-0.3, -0.25) is 4.79 Å². The van der Waals surface area contributed by atoms with Crippen molar-refractivity contribution in [1.82, 2.24) is 9.88 Å². The fraction of sp³-hybridized carbons (Fsp3) is 0.333. The van der Waals surface area contributed by atoms with Crippen LogP contribution in [0.4, 0.5) is 11.5 Å². The molecule has 1 aromatic heterocycles. The van der Waals surface area contributed by atoms with E-state index in [0.29, 0.717) is 36.0 Å². The minimum absolute atomic E-state index is 0.00910. The summed E-state index contributed by atoms with van der Waals surface area (Å²) in [5.74, 6) is 1.94. The van der Waals surface area contributed by atoms with Gasteiger partial charge in [0, 0.05) is 31.0 Å². The van der Waals surface area contributed by atoms with E-state index in [-0.39, 0.29) is 5.91 Å². The van der Waals surface area contributed by atoms with Gasteiger partial charge in [-0.1, -0.05) is 0 Å². The highest BCUT2D eigenvalue weighted by Gasteiger charge is 2.12. The van der Waals surface area contributed by atoms with Gasteiger partial charge in [-0.15, -0.1) is 0 Å². The molecule has 0 radical (unpaired) electrons. The third-order valence-electron chi connectivity index (χ3n) is 3.72. The van der Waals surface area contributed by atoms with Crippen LogP contribution in [-0.2, 0) is 0 Å². The molecule has 0 fully saturated rings. The average Bonchev–Trinajstić information content (AvgIpc) is 2.63. The number of methoxy groups -OCH3 is 2. The lowest BCUT2D eigenvalue weighted by molar-refractivity contribution is 0.0772. The van der Waals surface area contributed by atoms with Crippen molar-refractivity contribution in [3.63, 3.8) is 0 Å². The van der Waals surface area contributed by atoms with E-state index >= 15 is 0 Å². The second-order valence-electron chi connectivity index (χ2n) is 5.10. The van der Waals surface area contributed by atoms with Crippen LogP contribution in [0.5, 0.6) is 11.5 Å². The summed E-state index contributed by atoms with van der Waals surface area (Å²) in [6, 6.07) is 9.08. The number of anilines is 2. The lowest BCUT2D eigenvalue weighted by Gasteiger charge is -2.18. The predicted molar refractivity (Wildman–Crippen MR) is 94.3 cm³/mol. The Bertz CT molecular complexity index is 682. The maximum Gasteiger partial charge on any atom is 0.255 e. The summed E-state index contributed by atoms with van der Waals surface area (Å²) < 4.78 is 10.5. The standard InChI is InChI=1S/C18H23N3O3/c1-5-21(6-2)18(22)13-7-10-17(19-12-13)20-14-8-9-15(23-3)16(11-14)24-4/h7-12H,5-6H2,1-4H3,(H,19,20). The Morgan fingerprint density at radius 3 is 2.33 bits per heavy atom. The predicted octanol–water partition coefficient (Wildman–Crippen LogP) is 3.32. The summed E-state index contributed by atoms with van der Waals surface area (Å²) in [4.78, 5) is 18.3. The Balaban J connectivity index is 2.13. The molecule has 0 saturated heterocycles. The van der Waals surface area contributed by atoms with Crippen molar-refractivity contribution in [2.75, 3.05) is 32.6 Å². The molecule has 24 heavy (non-hydrogen) atoms. The van der Waals surface area contributed by atoms with Crippen LogP contribution in [0.25, 0.3) is 0 Å². The molecule has 1 N–H and O–H groups in total. The van der Waals surface area contributed by atoms with E-state index in [9.17, 15) is 4.79 Å². The van der Waals surface area contributed by atoms with E-state index in [1.807, 2.05) is 32.0 Å². The van der Waals surface area contributed by atoms with E-state index in [4.69, 9.17) is 9.47 Å². The molecule has 6 heteroatoms. The Morgan fingerprint density at radius 1 is 1.08 bits per heavy atom. The lowest BCUT2D eigenvalue weighted by atomic mass is 10.2. The maximum atomic E-state index is 12.3. The molecule has 0 atom stereocenters. The number of nitrogens with zero attached hydrogens (tertiary/aromatic N) is 2. The summed E-state index contributed by atoms with van der Waals surface area (Å²) in [7, 11) is 3.19. The van der Waals surface area contributed by atoms with Crippen molar-refractivity contribution in [3.8, 4) is 11.5 Å². The second-order valence-corrected chi connectivity index (χ2v) is 5.10. The van der Waals surface area contributed by atoms with Crippen molar-refractivity contribution in [1.29, 1.82) is 0 Å². The van der Waals surface area contributed by atoms with Crippen LogP contribution in [-0.4, -0.2) is 43.1 Å². The second kappa shape index (κ2) is 8.19. The van der Waals surface area contributed by atoms with Gasteiger partial charge in [-0.25, -0.2) is 4.98 Å². The SMILES string of the molecule is CCN(CC)C(=O)c1ccc(Nc2ccc(OC)c(OC)c2)nc1. The smallest absolute Gasteiger partial charge is 0.255 e. The topological polar surface area (TPSA) is 63.7 Å². The number of nitrogens with one attached hydrogen (secondary N) is 1. The highest BCUT2D eigenvalue weighted by Crippen LogP contribution is 2.30. The summed E-state index contributed by atoms with van der Waals surface area (Å²) in [6.45, 7) is 5.28. The number of hydrogen-bond acceptors (Lipinski definition) is 5. The van der Waals surface area contributed by atoms with Gasteiger partial charge in [0.2, 0.25) is 0 Å². The number of rotatable bonds is 7. The quantitative estimate of drug-likeness (QED) is 0.844. The maximum absolute atomic E-state index is 12.3. The van der Waals surface area contributed by atoms with Crippen LogP contribution in [0.2, 0.25) is 0 Å². The van der Waals surface area contributed by atoms with Crippen LogP contribution in [0.15, 0.2) is 36.5 Å². The van der Waals surface area contributed by atoms with Crippen LogP contribution in [0.1, 0.15) is 24.2 Å². The van der Waals surface area contributed by atoms with Gasteiger partial charge in [0.05, 0.1) is 19.8 Å². The summed E-state index contributed by atoms with van der Waals surface area (Å²) in [5, 5.41) is 3.18. The number of hydrogen-bond donors (Lipinski definition) is 1. The van der Waals surface area contributed by atoms with Crippen molar-refractivity contribution in [3.05, 3.63) is 42.1 Å². The van der Waals surface area contributed by atoms with Gasteiger partial charge >= 0.3 is 0 Å². The number of benzene rings is 1. The van der Waals surface area contributed by atoms with Crippen molar-refractivity contribution >= 4 is 17.4 Å². The average molecular weight is 329 g/mol. The minimum atomic E-state index is -0.00910. The van der Waals surface area contributed by atoms with E-state index < -0.39 is 0 Å². The van der Waals surface area contributed by atoms with Gasteiger partial charge < -0.3 is 19.7 Å². The number of pyridine rings is 1. The largest absolute Gasteiger partial charge is 0.493 e. The molecular weight excluding hydrogens is 306 g/mol. The van der Waals surface area contributed by atoms with Crippen LogP contribution >= 0.6 is 0 Å². The molecule has 1 amide bonds. The number of aromatic nitrogens is 1. The fourth-order valence-electron chi connectivity index (χ4n) is 2.35. The molecule has 0 spiro atoms. The molecule has 6 nitrogen and oxygen atoms in total. The molecule has 128 valence electrons. The van der Waals surface area contributed by atoms with Gasteiger partial charge in [-0.2, -0.15) is 0 Å². The van der Waals surface area contributed by atoms with Crippen LogP contribution in [0.3, 0.4) is 0 Å². The van der Waals surface area contributed by atoms with Crippen molar-refractivity contribution < 1.29 is 14.3 Å². The first-order valence-corrected chi connectivity index (χ1v) is 7.87. The Kier molecular flexibility index (Phi) is 6.01. The molecule has 0 aliphatic carbocycles. The van der Waals surface area contributed by atoms with Gasteiger partial charge in [0.25, 0.3) is 5.91 Å². The Labute approximate surface area is 142 Å². The van der Waals surface area contributed by atoms with E-state index in [1.54, 1.807) is 37.4 Å². The summed E-state index contributed by atoms with van der Waals surface area (Å²) in [5.41, 5.74) is 1.40. The highest BCUT2D eigenvalue weighted by molar-refractivity contribution is 5.94. The summed E-state index contributed by atoms with van der Waals surface area (Å²) >= 11 is 0. The lowest BCUT2D eigenvalue weighted by Crippen LogP contribution is -2.30. The molecule has 1 aromatic carbocycles. The van der Waals surface area contributed by atoms with E-state index in [1.165, 1.54) is 0 Å². The number of carbonyl (C=O) groups is 1. The van der Waals surface area contributed by atoms with E-state index in [0.717, 1.165) is 5.69 Å². The molecule has 2 aromatic rings. The number of amides is 1. The van der Waals surface area contributed by atoms with Gasteiger partial charge in [0.1, 0.15) is 5.82 Å². The number of carbonyl (C=O) groups excluding carboxylic acids is 1. The third-order valence-corrected chi connectivity index (χ3v) is 3.72. The van der Waals surface area contributed by atoms with Gasteiger partial charge in [0.15, 0.2) is 11.5 Å². The zero-order chi connectivity index (χ0) is 17.5. The molecule has 0 aliphatic heterocycles. The zero-order valence-corrected chi connectivity index (χ0v) is 14.5.